The van der Waals surface area contributed by atoms with Crippen molar-refractivity contribution < 1.29 is 4.79 Å². The summed E-state index contributed by atoms with van der Waals surface area (Å²) in [5, 5.41) is 0. The van der Waals surface area contributed by atoms with E-state index in [1.165, 1.54) is 0 Å². The van der Waals surface area contributed by atoms with Gasteiger partial charge in [0.1, 0.15) is 6.04 Å². The fraction of sp³-hybridized carbons (Fsp3) is 0.533. The number of thioether (sulfide) groups is 1. The summed E-state index contributed by atoms with van der Waals surface area (Å²) in [5.74, 6) is 6.28. The van der Waals surface area contributed by atoms with Gasteiger partial charge in [0.2, 0.25) is 0 Å². The van der Waals surface area contributed by atoms with E-state index in [0.717, 1.165) is 30.8 Å². The molecule has 1 fully saturated rings. The van der Waals surface area contributed by atoms with Gasteiger partial charge in [0.25, 0.3) is 5.91 Å². The number of nitrogens with one attached hydrogen (secondary N) is 1. The summed E-state index contributed by atoms with van der Waals surface area (Å²) in [4.78, 5) is 14.4. The third-order valence-corrected chi connectivity index (χ3v) is 5.12. The average molecular weight is 293 g/mol. The Bertz CT molecular complexity index is 450. The van der Waals surface area contributed by atoms with Crippen LogP contribution in [0.15, 0.2) is 30.3 Å². The van der Waals surface area contributed by atoms with Crippen LogP contribution in [-0.2, 0) is 4.79 Å². The maximum absolute atomic E-state index is 12.2. The smallest absolute Gasteiger partial charge is 0.255 e. The summed E-state index contributed by atoms with van der Waals surface area (Å²) in [6, 6.07) is 9.57. The number of amides is 1. The molecule has 0 radical (unpaired) electrons. The Labute approximate surface area is 125 Å². The van der Waals surface area contributed by atoms with Gasteiger partial charge in [-0.05, 0) is 12.0 Å². The minimum Gasteiger partial charge on any atom is -0.293 e. The minimum atomic E-state index is -0.296. The molecule has 3 N–H and O–H groups in total. The zero-order valence-electron chi connectivity index (χ0n) is 12.1. The van der Waals surface area contributed by atoms with Gasteiger partial charge in [0.15, 0.2) is 0 Å². The molecule has 1 aromatic carbocycles. The van der Waals surface area contributed by atoms with Gasteiger partial charge in [-0.15, -0.1) is 0 Å². The lowest BCUT2D eigenvalue weighted by molar-refractivity contribution is -0.126. The molecule has 5 heteroatoms. The molecule has 20 heavy (non-hydrogen) atoms. The predicted molar refractivity (Wildman–Crippen MR) is 84.2 cm³/mol. The highest BCUT2D eigenvalue weighted by atomic mass is 32.2. The van der Waals surface area contributed by atoms with Gasteiger partial charge in [0.05, 0.1) is 0 Å². The van der Waals surface area contributed by atoms with Crippen LogP contribution in [0.5, 0.6) is 0 Å². The summed E-state index contributed by atoms with van der Waals surface area (Å²) in [6.07, 6.45) is 1.07. The van der Waals surface area contributed by atoms with Gasteiger partial charge in [0, 0.05) is 23.6 Å². The number of hydrogen-bond donors (Lipinski definition) is 2. The second kappa shape index (κ2) is 6.61. The van der Waals surface area contributed by atoms with Crippen molar-refractivity contribution in [3.05, 3.63) is 35.9 Å². The van der Waals surface area contributed by atoms with E-state index in [1.807, 2.05) is 42.1 Å². The third-order valence-electron chi connectivity index (χ3n) is 3.74. The zero-order chi connectivity index (χ0) is 14.6. The molecular formula is C15H23N3OS. The molecule has 1 aromatic rings. The van der Waals surface area contributed by atoms with E-state index >= 15 is 0 Å². The monoisotopic (exact) mass is 293 g/mol. The largest absolute Gasteiger partial charge is 0.293 e. The van der Waals surface area contributed by atoms with Crippen molar-refractivity contribution in [1.29, 1.82) is 0 Å². The Balaban J connectivity index is 2.21. The number of carbonyl (C=O) groups excluding carboxylic acids is 1. The van der Waals surface area contributed by atoms with Gasteiger partial charge in [-0.1, -0.05) is 44.2 Å². The Morgan fingerprint density at radius 1 is 1.35 bits per heavy atom. The molecule has 1 aliphatic heterocycles. The number of nitrogens with two attached hydrogens (primary N) is 1. The highest BCUT2D eigenvalue weighted by Gasteiger charge is 2.31. The molecule has 0 aliphatic carbocycles. The van der Waals surface area contributed by atoms with Gasteiger partial charge < -0.3 is 0 Å². The number of benzene rings is 1. The molecule has 4 nitrogen and oxygen atoms in total. The van der Waals surface area contributed by atoms with Crippen LogP contribution in [0.2, 0.25) is 0 Å². The Morgan fingerprint density at radius 3 is 2.70 bits per heavy atom. The van der Waals surface area contributed by atoms with Crippen molar-refractivity contribution in [2.75, 3.05) is 18.8 Å². The van der Waals surface area contributed by atoms with Crippen LogP contribution in [0, 0.1) is 0 Å². The minimum absolute atomic E-state index is 0.138. The normalized spacial score (nSPS) is 20.9. The summed E-state index contributed by atoms with van der Waals surface area (Å²) in [5.41, 5.74) is 3.31. The molecule has 1 heterocycles. The maximum atomic E-state index is 12.2. The second-order valence-corrected chi connectivity index (χ2v) is 7.52. The molecule has 0 saturated carbocycles. The predicted octanol–water partition coefficient (Wildman–Crippen LogP) is 1.94. The van der Waals surface area contributed by atoms with Crippen LogP contribution >= 0.6 is 11.8 Å². The molecule has 2 rings (SSSR count). The van der Waals surface area contributed by atoms with Gasteiger partial charge in [-0.2, -0.15) is 11.8 Å². The molecule has 0 bridgehead atoms. The van der Waals surface area contributed by atoms with Crippen LogP contribution < -0.4 is 11.3 Å². The zero-order valence-corrected chi connectivity index (χ0v) is 13.0. The highest BCUT2D eigenvalue weighted by molar-refractivity contribution is 8.00. The number of carbonyl (C=O) groups is 1. The van der Waals surface area contributed by atoms with Crippen molar-refractivity contribution in [3.8, 4) is 0 Å². The van der Waals surface area contributed by atoms with Crippen molar-refractivity contribution in [3.63, 3.8) is 0 Å². The van der Waals surface area contributed by atoms with E-state index in [1.54, 1.807) is 0 Å². The average Bonchev–Trinajstić information content (AvgIpc) is 2.62. The second-order valence-electron chi connectivity index (χ2n) is 5.72. The van der Waals surface area contributed by atoms with Crippen LogP contribution in [-0.4, -0.2) is 34.4 Å². The van der Waals surface area contributed by atoms with Gasteiger partial charge in [-0.3, -0.25) is 15.1 Å². The van der Waals surface area contributed by atoms with E-state index < -0.39 is 0 Å². The third kappa shape index (κ3) is 3.75. The number of hydrogen-bond acceptors (Lipinski definition) is 4. The van der Waals surface area contributed by atoms with E-state index in [4.69, 9.17) is 5.84 Å². The van der Waals surface area contributed by atoms with Crippen LogP contribution in [0.25, 0.3) is 0 Å². The van der Waals surface area contributed by atoms with Crippen molar-refractivity contribution >= 4 is 17.7 Å². The molecule has 0 aromatic heterocycles. The molecule has 1 saturated heterocycles. The molecule has 1 unspecified atom stereocenters. The summed E-state index contributed by atoms with van der Waals surface area (Å²) >= 11 is 1.97. The van der Waals surface area contributed by atoms with Gasteiger partial charge >= 0.3 is 0 Å². The van der Waals surface area contributed by atoms with Crippen LogP contribution in [0.4, 0.5) is 0 Å². The topological polar surface area (TPSA) is 58.4 Å². The first kappa shape index (κ1) is 15.4. The number of hydrazine groups is 1. The van der Waals surface area contributed by atoms with Crippen LogP contribution in [0.1, 0.15) is 31.9 Å². The summed E-state index contributed by atoms with van der Waals surface area (Å²) < 4.78 is 0.273. The van der Waals surface area contributed by atoms with E-state index in [0.29, 0.717) is 0 Å². The van der Waals surface area contributed by atoms with Gasteiger partial charge in [-0.25, -0.2) is 5.84 Å². The first-order valence-electron chi connectivity index (χ1n) is 6.97. The first-order chi connectivity index (χ1) is 9.53. The van der Waals surface area contributed by atoms with Crippen molar-refractivity contribution in [1.82, 2.24) is 10.3 Å². The fourth-order valence-corrected chi connectivity index (χ4v) is 3.65. The fourth-order valence-electron chi connectivity index (χ4n) is 2.54. The Hall–Kier alpha value is -1.04. The SMILES string of the molecule is CC1(C)CCN(C(C(=O)NN)c2ccccc2)CCS1. The molecule has 0 spiro atoms. The maximum Gasteiger partial charge on any atom is 0.255 e. The number of nitrogens with zero attached hydrogens (tertiary/aromatic N) is 1. The van der Waals surface area contributed by atoms with E-state index in [2.05, 4.69) is 24.2 Å². The molecular weight excluding hydrogens is 270 g/mol. The summed E-state index contributed by atoms with van der Waals surface area (Å²) in [7, 11) is 0. The van der Waals surface area contributed by atoms with Crippen LogP contribution in [0.3, 0.4) is 0 Å². The number of rotatable bonds is 3. The van der Waals surface area contributed by atoms with E-state index in [9.17, 15) is 4.79 Å². The highest BCUT2D eigenvalue weighted by Crippen LogP contribution is 2.33. The van der Waals surface area contributed by atoms with Crippen molar-refractivity contribution in [2.24, 2.45) is 5.84 Å². The molecule has 1 atom stereocenters. The molecule has 1 amide bonds. The lowest BCUT2D eigenvalue weighted by Gasteiger charge is -2.29. The Morgan fingerprint density at radius 2 is 2.05 bits per heavy atom. The lowest BCUT2D eigenvalue weighted by Crippen LogP contribution is -2.44. The van der Waals surface area contributed by atoms with Crippen molar-refractivity contribution in [2.45, 2.75) is 31.1 Å². The lowest BCUT2D eigenvalue weighted by atomic mass is 10.0. The quantitative estimate of drug-likeness (QED) is 0.508. The standard InChI is InChI=1S/C15H23N3OS/c1-15(2)8-9-18(10-11-20-15)13(14(19)17-16)12-6-4-3-5-7-12/h3-7,13H,8-11,16H2,1-2H3,(H,17,19). The summed E-state index contributed by atoms with van der Waals surface area (Å²) in [6.45, 7) is 6.34. The molecule has 1 aliphatic rings. The van der Waals surface area contributed by atoms with E-state index in [-0.39, 0.29) is 16.7 Å². The first-order valence-corrected chi connectivity index (χ1v) is 7.95. The Kier molecular flexibility index (Phi) is 5.07. The molecule has 110 valence electrons.